The van der Waals surface area contributed by atoms with Gasteiger partial charge in [0, 0.05) is 10.8 Å². The zero-order valence-corrected chi connectivity index (χ0v) is 13.0. The van der Waals surface area contributed by atoms with Crippen LogP contribution < -0.4 is 5.41 Å². The largest absolute Gasteiger partial charge is 0.261 e. The van der Waals surface area contributed by atoms with Gasteiger partial charge in [-0.25, -0.2) is 0 Å². The molecule has 16 heavy (non-hydrogen) atoms. The van der Waals surface area contributed by atoms with E-state index in [2.05, 4.69) is 55.5 Å². The minimum atomic E-state index is 0.380. The molecule has 0 saturated heterocycles. The molecule has 0 aromatic heterocycles. The van der Waals surface area contributed by atoms with Gasteiger partial charge in [-0.15, -0.1) is 0 Å². The Kier molecular flexibility index (Phi) is 5.48. The van der Waals surface area contributed by atoms with E-state index >= 15 is 0 Å². The van der Waals surface area contributed by atoms with Crippen molar-refractivity contribution < 1.29 is 5.41 Å². The first kappa shape index (κ1) is 14.2. The van der Waals surface area contributed by atoms with E-state index in [0.717, 1.165) is 18.8 Å². The summed E-state index contributed by atoms with van der Waals surface area (Å²) in [6.07, 6.45) is 9.50. The molecule has 1 aliphatic rings. The molecule has 2 N–H and O–H groups in total. The van der Waals surface area contributed by atoms with E-state index in [9.17, 15) is 0 Å². The summed E-state index contributed by atoms with van der Waals surface area (Å²) in [5, 5.41) is 6.29. The van der Waals surface area contributed by atoms with Gasteiger partial charge in [0.25, 0.3) is 0 Å². The topological polar surface area (TPSA) is 25.6 Å². The number of nitrogens with two attached hydrogens (primary N) is 1. The molecule has 1 fully saturated rings. The minimum absolute atomic E-state index is 0.380. The summed E-state index contributed by atoms with van der Waals surface area (Å²) in [6.45, 7) is 6.74. The van der Waals surface area contributed by atoms with Crippen LogP contribution in [0.3, 0.4) is 0 Å². The third-order valence-corrected chi connectivity index (χ3v) is 4.90. The summed E-state index contributed by atoms with van der Waals surface area (Å²) in [7, 11) is 0. The molecule has 1 atom stereocenters. The summed E-state index contributed by atoms with van der Waals surface area (Å²) < 4.78 is 1.20. The maximum Gasteiger partial charge on any atom is 0.155 e. The molecule has 1 aliphatic carbocycles. The van der Waals surface area contributed by atoms with Crippen LogP contribution in [0.2, 0.25) is 0 Å². The Hall–Kier alpha value is 0.140. The highest BCUT2D eigenvalue weighted by molar-refractivity contribution is 14.1. The van der Waals surface area contributed by atoms with E-state index in [0.29, 0.717) is 11.3 Å². The summed E-state index contributed by atoms with van der Waals surface area (Å²) >= 11 is 2.45. The fraction of sp³-hybridized carbons (Fsp3) is 0.786. The van der Waals surface area contributed by atoms with Gasteiger partial charge >= 0.3 is 0 Å². The lowest BCUT2D eigenvalue weighted by molar-refractivity contribution is -0.124. The van der Waals surface area contributed by atoms with Gasteiger partial charge < -0.3 is 0 Å². The number of hydrogen-bond donors (Lipinski definition) is 1. The smallest absolute Gasteiger partial charge is 0.155 e. The molecule has 92 valence electrons. The maximum absolute atomic E-state index is 6.29. The second-order valence-corrected chi connectivity index (χ2v) is 6.53. The van der Waals surface area contributed by atoms with Crippen molar-refractivity contribution in [1.29, 1.82) is 0 Å². The molecule has 0 radical (unpaired) electrons. The Bertz CT molecular complexity index is 264. The van der Waals surface area contributed by atoms with Gasteiger partial charge in [0.2, 0.25) is 0 Å². The second kappa shape index (κ2) is 6.18. The average molecular weight is 334 g/mol. The van der Waals surface area contributed by atoms with E-state index in [1.165, 1.54) is 23.0 Å². The fourth-order valence-corrected chi connectivity index (χ4v) is 2.33. The molecule has 0 aromatic rings. The van der Waals surface area contributed by atoms with Crippen LogP contribution in [0, 0.1) is 17.3 Å². The van der Waals surface area contributed by atoms with Crippen molar-refractivity contribution in [3.8, 4) is 0 Å². The van der Waals surface area contributed by atoms with E-state index < -0.39 is 0 Å². The molecule has 1 rings (SSSR count). The van der Waals surface area contributed by atoms with Gasteiger partial charge in [-0.3, -0.25) is 5.41 Å². The molecule has 0 spiro atoms. The number of allylic oxidation sites excluding steroid dienone is 2. The van der Waals surface area contributed by atoms with Gasteiger partial charge in [-0.05, 0) is 31.1 Å². The molecule has 0 aromatic carbocycles. The number of hydrogen-bond acceptors (Lipinski definition) is 0. The molecule has 0 heterocycles. The Labute approximate surface area is 114 Å². The van der Waals surface area contributed by atoms with Crippen molar-refractivity contribution in [1.82, 2.24) is 0 Å². The molecule has 0 unspecified atom stereocenters. The third-order valence-electron chi connectivity index (χ3n) is 3.40. The highest BCUT2D eigenvalue weighted by atomic mass is 127. The molecule has 1 saturated carbocycles. The van der Waals surface area contributed by atoms with Crippen LogP contribution in [0.5, 0.6) is 0 Å². The van der Waals surface area contributed by atoms with E-state index in [1.54, 1.807) is 0 Å². The van der Waals surface area contributed by atoms with Crippen LogP contribution in [-0.4, -0.2) is 10.1 Å². The van der Waals surface area contributed by atoms with Gasteiger partial charge in [0.1, 0.15) is 0 Å². The van der Waals surface area contributed by atoms with Crippen LogP contribution in [0.15, 0.2) is 12.2 Å². The van der Waals surface area contributed by atoms with Crippen molar-refractivity contribution in [2.45, 2.75) is 46.5 Å². The normalized spacial score (nSPS) is 20.3. The minimum Gasteiger partial charge on any atom is -0.261 e. The number of halogens is 1. The van der Waals surface area contributed by atoms with Crippen molar-refractivity contribution in [3.63, 3.8) is 0 Å². The molecule has 0 amide bonds. The summed E-state index contributed by atoms with van der Waals surface area (Å²) in [6, 6.07) is 0. The Morgan fingerprint density at radius 1 is 1.38 bits per heavy atom. The quantitative estimate of drug-likeness (QED) is 0.321. The van der Waals surface area contributed by atoms with Crippen LogP contribution in [0.4, 0.5) is 0 Å². The summed E-state index contributed by atoms with van der Waals surface area (Å²) in [5.74, 6) is 1.39. The van der Waals surface area contributed by atoms with E-state index in [1.807, 2.05) is 0 Å². The number of rotatable bonds is 7. The zero-order valence-electron chi connectivity index (χ0n) is 10.8. The zero-order chi connectivity index (χ0) is 12.2. The Morgan fingerprint density at radius 3 is 2.44 bits per heavy atom. The molecule has 0 aliphatic heterocycles. The van der Waals surface area contributed by atoms with Crippen LogP contribution in [0.1, 0.15) is 46.5 Å². The van der Waals surface area contributed by atoms with E-state index in [-0.39, 0.29) is 0 Å². The third kappa shape index (κ3) is 4.19. The predicted octanol–water partition coefficient (Wildman–Crippen LogP) is 3.03. The first-order valence-corrected chi connectivity index (χ1v) is 7.87. The highest BCUT2D eigenvalue weighted by Crippen LogP contribution is 2.50. The predicted molar refractivity (Wildman–Crippen MR) is 79.9 cm³/mol. The Balaban J connectivity index is 2.42. The average Bonchev–Trinajstić information content (AvgIpc) is 2.98. The van der Waals surface area contributed by atoms with Crippen LogP contribution in [-0.2, 0) is 0 Å². The van der Waals surface area contributed by atoms with Crippen molar-refractivity contribution in [2.75, 3.05) is 4.43 Å². The lowest BCUT2D eigenvalue weighted by Crippen LogP contribution is -2.46. The standard InChI is InChI=1S/C14H24IN/c1-11(2)5-4-6-14(7-8-14)13(16)9-12(3)10-15/h4-5,11-12,16H,6-10H2,1-3H3/p+1/b5-4-,16-13?/t12-/m0/s1. The molecular weight excluding hydrogens is 309 g/mol. The molecule has 2 heteroatoms. The fourth-order valence-electron chi connectivity index (χ4n) is 2.02. The van der Waals surface area contributed by atoms with Crippen LogP contribution in [0.25, 0.3) is 0 Å². The maximum atomic E-state index is 6.29. The number of alkyl halides is 1. The Morgan fingerprint density at radius 2 is 2.00 bits per heavy atom. The van der Waals surface area contributed by atoms with Gasteiger partial charge in [-0.1, -0.05) is 55.5 Å². The van der Waals surface area contributed by atoms with Crippen molar-refractivity contribution in [3.05, 3.63) is 12.2 Å². The highest BCUT2D eigenvalue weighted by Gasteiger charge is 2.49. The lowest BCUT2D eigenvalue weighted by atomic mass is 9.89. The van der Waals surface area contributed by atoms with Crippen molar-refractivity contribution in [2.24, 2.45) is 17.3 Å². The molecule has 1 nitrogen and oxygen atoms in total. The molecule has 0 bridgehead atoms. The van der Waals surface area contributed by atoms with Crippen LogP contribution >= 0.6 is 22.6 Å². The SMILES string of the molecule is CC(C)/C=C\CC1(C(=[NH2+])C[C@H](C)CI)CC1. The first-order chi connectivity index (χ1) is 7.50. The monoisotopic (exact) mass is 334 g/mol. The lowest BCUT2D eigenvalue weighted by Gasteiger charge is -2.13. The summed E-state index contributed by atoms with van der Waals surface area (Å²) in [5.41, 5.74) is 1.64. The second-order valence-electron chi connectivity index (χ2n) is 5.65. The summed E-state index contributed by atoms with van der Waals surface area (Å²) in [4.78, 5) is 0. The van der Waals surface area contributed by atoms with Gasteiger partial charge in [0.15, 0.2) is 5.71 Å². The van der Waals surface area contributed by atoms with E-state index in [4.69, 9.17) is 5.41 Å². The van der Waals surface area contributed by atoms with Crippen molar-refractivity contribution >= 4 is 28.3 Å². The van der Waals surface area contributed by atoms with Gasteiger partial charge in [-0.2, -0.15) is 0 Å². The van der Waals surface area contributed by atoms with Gasteiger partial charge in [0.05, 0.1) is 5.41 Å². The first-order valence-electron chi connectivity index (χ1n) is 6.34. The molecular formula is C14H25IN+.